The molecule has 0 aliphatic carbocycles. The minimum absolute atomic E-state index is 0.223. The average molecular weight is 363 g/mol. The molecule has 0 spiro atoms. The van der Waals surface area contributed by atoms with E-state index in [1.807, 2.05) is 42.5 Å². The highest BCUT2D eigenvalue weighted by molar-refractivity contribution is 5.92. The van der Waals surface area contributed by atoms with Crippen LogP contribution in [-0.2, 0) is 25.4 Å². The number of likely N-dealkylation sites (N-methyl/N-ethyl adjacent to an activating group) is 1. The van der Waals surface area contributed by atoms with Crippen molar-refractivity contribution in [2.45, 2.75) is 6.54 Å². The van der Waals surface area contributed by atoms with Gasteiger partial charge in [0, 0.05) is 40.0 Å². The Morgan fingerprint density at radius 1 is 1.07 bits per heavy atom. The molecule has 0 unspecified atom stereocenters. The first-order valence-corrected chi connectivity index (χ1v) is 8.55. The normalized spacial score (nSPS) is 11.2. The van der Waals surface area contributed by atoms with Crippen LogP contribution in [0, 0.1) is 0 Å². The van der Waals surface area contributed by atoms with E-state index in [4.69, 9.17) is 0 Å². The summed E-state index contributed by atoms with van der Waals surface area (Å²) in [4.78, 5) is 37.9. The van der Waals surface area contributed by atoms with Crippen molar-refractivity contribution >= 4 is 22.8 Å². The first-order valence-electron chi connectivity index (χ1n) is 8.55. The summed E-state index contributed by atoms with van der Waals surface area (Å²) in [5.74, 6) is -0.223. The van der Waals surface area contributed by atoms with Gasteiger partial charge in [0.15, 0.2) is 0 Å². The predicted octanol–water partition coefficient (Wildman–Crippen LogP) is 1.91. The third-order valence-electron chi connectivity index (χ3n) is 4.54. The molecular weight excluding hydrogens is 342 g/mol. The Kier molecular flexibility index (Phi) is 5.07. The summed E-state index contributed by atoms with van der Waals surface area (Å²) < 4.78 is 2.33. The van der Waals surface area contributed by atoms with Crippen molar-refractivity contribution < 1.29 is 4.79 Å². The van der Waals surface area contributed by atoms with Crippen molar-refractivity contribution in [2.24, 2.45) is 14.1 Å². The minimum atomic E-state index is -0.432. The highest BCUT2D eigenvalue weighted by Crippen LogP contribution is 2.19. The van der Waals surface area contributed by atoms with E-state index in [2.05, 4.69) is 0 Å². The maximum atomic E-state index is 12.5. The molecule has 138 valence electrons. The van der Waals surface area contributed by atoms with Crippen LogP contribution in [0.15, 0.2) is 64.3 Å². The molecule has 0 fully saturated rings. The summed E-state index contributed by atoms with van der Waals surface area (Å²) in [6, 6.07) is 14.0. The fourth-order valence-electron chi connectivity index (χ4n) is 3.00. The number of amides is 1. The van der Waals surface area contributed by atoms with Crippen molar-refractivity contribution in [3.8, 4) is 0 Å². The van der Waals surface area contributed by atoms with Crippen molar-refractivity contribution in [3.05, 3.63) is 86.7 Å². The standard InChI is InChI=1S/C21H21N3O3/c1-22(13-16-9-6-8-15-7-4-5-10-18(15)16)19(25)12-11-17-14-23(2)21(27)24(3)20(17)26/h4-12,14H,13H2,1-3H3. The van der Waals surface area contributed by atoms with E-state index in [0.717, 1.165) is 20.9 Å². The third kappa shape index (κ3) is 3.74. The summed E-state index contributed by atoms with van der Waals surface area (Å²) >= 11 is 0. The highest BCUT2D eigenvalue weighted by Gasteiger charge is 2.09. The van der Waals surface area contributed by atoms with E-state index in [1.165, 1.54) is 30.0 Å². The first kappa shape index (κ1) is 18.4. The van der Waals surface area contributed by atoms with Gasteiger partial charge in [-0.25, -0.2) is 4.79 Å². The second-order valence-corrected chi connectivity index (χ2v) is 6.51. The van der Waals surface area contributed by atoms with Crippen LogP contribution >= 0.6 is 0 Å². The number of aryl methyl sites for hydroxylation is 1. The molecule has 0 saturated heterocycles. The van der Waals surface area contributed by atoms with E-state index in [0.29, 0.717) is 6.54 Å². The Bertz CT molecular complexity index is 1150. The van der Waals surface area contributed by atoms with Gasteiger partial charge in [0.25, 0.3) is 5.56 Å². The number of benzene rings is 2. The summed E-state index contributed by atoms with van der Waals surface area (Å²) in [5.41, 5.74) is 0.497. The maximum Gasteiger partial charge on any atom is 0.330 e. The number of hydrogen-bond acceptors (Lipinski definition) is 3. The van der Waals surface area contributed by atoms with Gasteiger partial charge < -0.3 is 9.47 Å². The molecule has 0 aliphatic heterocycles. The molecule has 0 atom stereocenters. The third-order valence-corrected chi connectivity index (χ3v) is 4.54. The molecule has 27 heavy (non-hydrogen) atoms. The van der Waals surface area contributed by atoms with Gasteiger partial charge in [0.05, 0.1) is 5.56 Å². The zero-order chi connectivity index (χ0) is 19.6. The van der Waals surface area contributed by atoms with Gasteiger partial charge in [-0.1, -0.05) is 42.5 Å². The number of rotatable bonds is 4. The number of hydrogen-bond donors (Lipinski definition) is 0. The molecule has 6 heteroatoms. The Morgan fingerprint density at radius 3 is 2.56 bits per heavy atom. The topological polar surface area (TPSA) is 64.3 Å². The SMILES string of the molecule is CN(Cc1cccc2ccccc12)C(=O)C=Cc1cn(C)c(=O)n(C)c1=O. The molecule has 0 N–H and O–H groups in total. The Balaban J connectivity index is 1.81. The molecule has 0 aliphatic rings. The van der Waals surface area contributed by atoms with Crippen LogP contribution in [0.4, 0.5) is 0 Å². The lowest BCUT2D eigenvalue weighted by atomic mass is 10.0. The van der Waals surface area contributed by atoms with Crippen molar-refractivity contribution in [2.75, 3.05) is 7.05 Å². The van der Waals surface area contributed by atoms with Gasteiger partial charge in [-0.05, 0) is 22.4 Å². The Morgan fingerprint density at radius 2 is 1.78 bits per heavy atom. The lowest BCUT2D eigenvalue weighted by Crippen LogP contribution is -2.37. The van der Waals surface area contributed by atoms with Crippen LogP contribution in [0.3, 0.4) is 0 Å². The number of carbonyl (C=O) groups excluding carboxylic acids is 1. The van der Waals surface area contributed by atoms with Crippen LogP contribution in [0.2, 0.25) is 0 Å². The monoisotopic (exact) mass is 363 g/mol. The van der Waals surface area contributed by atoms with Gasteiger partial charge in [-0.2, -0.15) is 0 Å². The van der Waals surface area contributed by atoms with E-state index in [-0.39, 0.29) is 11.5 Å². The molecule has 0 bridgehead atoms. The average Bonchev–Trinajstić information content (AvgIpc) is 2.68. The van der Waals surface area contributed by atoms with Crippen molar-refractivity contribution in [3.63, 3.8) is 0 Å². The lowest BCUT2D eigenvalue weighted by Gasteiger charge is -2.16. The molecule has 2 aromatic carbocycles. The van der Waals surface area contributed by atoms with Gasteiger partial charge in [-0.15, -0.1) is 0 Å². The largest absolute Gasteiger partial charge is 0.338 e. The number of fused-ring (bicyclic) bond motifs is 1. The summed E-state index contributed by atoms with van der Waals surface area (Å²) in [7, 11) is 4.69. The van der Waals surface area contributed by atoms with Gasteiger partial charge in [0.2, 0.25) is 5.91 Å². The summed E-state index contributed by atoms with van der Waals surface area (Å²) in [6.45, 7) is 0.454. The molecule has 6 nitrogen and oxygen atoms in total. The number of aromatic nitrogens is 2. The zero-order valence-electron chi connectivity index (χ0n) is 15.5. The second-order valence-electron chi connectivity index (χ2n) is 6.51. The molecule has 1 heterocycles. The lowest BCUT2D eigenvalue weighted by molar-refractivity contribution is -0.125. The fraction of sp³-hybridized carbons (Fsp3) is 0.190. The van der Waals surface area contributed by atoms with Crippen LogP contribution in [0.25, 0.3) is 16.8 Å². The molecule has 1 amide bonds. The van der Waals surface area contributed by atoms with E-state index in [9.17, 15) is 14.4 Å². The smallest absolute Gasteiger partial charge is 0.330 e. The molecule has 0 radical (unpaired) electrons. The van der Waals surface area contributed by atoms with Crippen LogP contribution in [0.5, 0.6) is 0 Å². The molecule has 1 aromatic heterocycles. The molecular formula is C21H21N3O3. The summed E-state index contributed by atoms with van der Waals surface area (Å²) in [5, 5.41) is 2.23. The van der Waals surface area contributed by atoms with Gasteiger partial charge in [-0.3, -0.25) is 14.2 Å². The van der Waals surface area contributed by atoms with Crippen molar-refractivity contribution in [1.29, 1.82) is 0 Å². The minimum Gasteiger partial charge on any atom is -0.338 e. The van der Waals surface area contributed by atoms with Gasteiger partial charge in [0.1, 0.15) is 0 Å². The highest BCUT2D eigenvalue weighted by atomic mass is 16.2. The number of nitrogens with zero attached hydrogens (tertiary/aromatic N) is 3. The van der Waals surface area contributed by atoms with E-state index in [1.54, 1.807) is 19.0 Å². The molecule has 0 saturated carbocycles. The second kappa shape index (κ2) is 7.45. The maximum absolute atomic E-state index is 12.5. The first-order chi connectivity index (χ1) is 12.9. The Labute approximate surface area is 156 Å². The van der Waals surface area contributed by atoms with Crippen molar-refractivity contribution in [1.82, 2.24) is 14.0 Å². The van der Waals surface area contributed by atoms with Gasteiger partial charge >= 0.3 is 5.69 Å². The number of carbonyl (C=O) groups is 1. The van der Waals surface area contributed by atoms with Crippen LogP contribution in [0.1, 0.15) is 11.1 Å². The fourth-order valence-corrected chi connectivity index (χ4v) is 3.00. The quantitative estimate of drug-likeness (QED) is 0.665. The Hall–Kier alpha value is -3.41. The molecule has 3 rings (SSSR count). The zero-order valence-corrected chi connectivity index (χ0v) is 15.5. The van der Waals surface area contributed by atoms with E-state index < -0.39 is 11.2 Å². The molecule has 3 aromatic rings. The van der Waals surface area contributed by atoms with E-state index >= 15 is 0 Å². The van der Waals surface area contributed by atoms with Crippen LogP contribution < -0.4 is 11.2 Å². The summed E-state index contributed by atoms with van der Waals surface area (Å²) in [6.07, 6.45) is 4.23. The van der Waals surface area contributed by atoms with Crippen LogP contribution in [-0.4, -0.2) is 27.0 Å². The predicted molar refractivity (Wildman–Crippen MR) is 106 cm³/mol.